The average molecular weight is 369 g/mol. The monoisotopic (exact) mass is 368 g/mol. The molecule has 0 fully saturated rings. The Balaban J connectivity index is 2.13. The van der Waals surface area contributed by atoms with Crippen molar-refractivity contribution in [3.05, 3.63) is 50.6 Å². The third-order valence-corrected chi connectivity index (χ3v) is 5.14. The summed E-state index contributed by atoms with van der Waals surface area (Å²) in [6.45, 7) is 2.91. The number of nitrogens with zero attached hydrogens (tertiary/aromatic N) is 1. The number of likely N-dealkylation sites (N-methyl/N-ethyl adjacent to an activating group) is 1. The predicted octanol–water partition coefficient (Wildman–Crippen LogP) is 4.04. The molecule has 1 aromatic carbocycles. The van der Waals surface area contributed by atoms with E-state index in [4.69, 9.17) is 10.5 Å². The van der Waals surface area contributed by atoms with Crippen molar-refractivity contribution >= 4 is 27.3 Å². The molecule has 114 valence electrons. The number of methoxy groups -OCH3 is 1. The molecule has 0 bridgehead atoms. The number of benzene rings is 1. The van der Waals surface area contributed by atoms with Crippen LogP contribution in [0.2, 0.25) is 0 Å². The normalized spacial score (nSPS) is 14.2. The van der Waals surface area contributed by atoms with Crippen molar-refractivity contribution in [2.24, 2.45) is 5.73 Å². The summed E-state index contributed by atoms with van der Waals surface area (Å²) in [5.74, 6) is 0.882. The van der Waals surface area contributed by atoms with Gasteiger partial charge in [-0.1, -0.05) is 12.1 Å². The van der Waals surface area contributed by atoms with Crippen LogP contribution in [0.5, 0.6) is 5.75 Å². The van der Waals surface area contributed by atoms with Gasteiger partial charge in [0.05, 0.1) is 16.9 Å². The third kappa shape index (κ3) is 4.30. The maximum absolute atomic E-state index is 6.21. The predicted molar refractivity (Wildman–Crippen MR) is 92.9 cm³/mol. The van der Waals surface area contributed by atoms with Crippen LogP contribution in [0.15, 0.2) is 40.2 Å². The summed E-state index contributed by atoms with van der Waals surface area (Å²) in [6, 6.07) is 12.7. The first-order valence-corrected chi connectivity index (χ1v) is 8.46. The molecule has 0 saturated heterocycles. The molecule has 1 heterocycles. The first-order valence-electron chi connectivity index (χ1n) is 6.85. The topological polar surface area (TPSA) is 38.5 Å². The number of hydrogen-bond acceptors (Lipinski definition) is 4. The average Bonchev–Trinajstić information content (AvgIpc) is 2.85. The van der Waals surface area contributed by atoms with E-state index in [1.54, 1.807) is 18.4 Å². The zero-order chi connectivity index (χ0) is 15.4. The summed E-state index contributed by atoms with van der Waals surface area (Å²) in [5, 5.41) is 0. The number of rotatable bonds is 6. The summed E-state index contributed by atoms with van der Waals surface area (Å²) in [7, 11) is 3.80. The van der Waals surface area contributed by atoms with Crippen LogP contribution in [-0.4, -0.2) is 25.1 Å². The summed E-state index contributed by atoms with van der Waals surface area (Å²) in [5.41, 5.74) is 7.46. The van der Waals surface area contributed by atoms with Crippen molar-refractivity contribution in [3.63, 3.8) is 0 Å². The second-order valence-corrected chi connectivity index (χ2v) is 7.70. The minimum Gasteiger partial charge on any atom is -0.497 e. The van der Waals surface area contributed by atoms with Crippen molar-refractivity contribution in [2.45, 2.75) is 25.6 Å². The van der Waals surface area contributed by atoms with Crippen molar-refractivity contribution < 1.29 is 4.74 Å². The second-order valence-electron chi connectivity index (χ2n) is 5.21. The number of thiophene rings is 1. The van der Waals surface area contributed by atoms with Gasteiger partial charge in [0.15, 0.2) is 0 Å². The Bertz CT molecular complexity index is 568. The molecular formula is C16H21BrN2OS. The Hall–Kier alpha value is -0.880. The van der Waals surface area contributed by atoms with Gasteiger partial charge >= 0.3 is 0 Å². The van der Waals surface area contributed by atoms with Crippen LogP contribution in [0.4, 0.5) is 0 Å². The Labute approximate surface area is 138 Å². The largest absolute Gasteiger partial charge is 0.497 e. The van der Waals surface area contributed by atoms with Crippen molar-refractivity contribution in [2.75, 3.05) is 14.2 Å². The quantitative estimate of drug-likeness (QED) is 0.835. The van der Waals surface area contributed by atoms with E-state index in [1.807, 2.05) is 12.1 Å². The lowest BCUT2D eigenvalue weighted by atomic mass is 10.1. The lowest BCUT2D eigenvalue weighted by Gasteiger charge is -2.30. The van der Waals surface area contributed by atoms with E-state index in [0.717, 1.165) is 16.1 Å². The van der Waals surface area contributed by atoms with Gasteiger partial charge in [-0.25, -0.2) is 0 Å². The fourth-order valence-corrected chi connectivity index (χ4v) is 4.19. The fraction of sp³-hybridized carbons (Fsp3) is 0.375. The van der Waals surface area contributed by atoms with Gasteiger partial charge in [0.2, 0.25) is 0 Å². The molecule has 2 atom stereocenters. The van der Waals surface area contributed by atoms with Gasteiger partial charge < -0.3 is 10.5 Å². The van der Waals surface area contributed by atoms with Crippen LogP contribution >= 0.6 is 27.3 Å². The molecule has 2 rings (SSSR count). The lowest BCUT2D eigenvalue weighted by Crippen LogP contribution is -2.36. The molecular weight excluding hydrogens is 348 g/mol. The number of ether oxygens (including phenoxy) is 1. The van der Waals surface area contributed by atoms with Crippen LogP contribution in [0.3, 0.4) is 0 Å². The molecule has 5 heteroatoms. The fourth-order valence-electron chi connectivity index (χ4n) is 2.48. The van der Waals surface area contributed by atoms with Crippen LogP contribution in [-0.2, 0) is 6.54 Å². The van der Waals surface area contributed by atoms with E-state index in [-0.39, 0.29) is 12.1 Å². The van der Waals surface area contributed by atoms with Crippen LogP contribution < -0.4 is 10.5 Å². The summed E-state index contributed by atoms with van der Waals surface area (Å²) < 4.78 is 6.33. The number of halogens is 1. The maximum atomic E-state index is 6.21. The molecule has 0 amide bonds. The summed E-state index contributed by atoms with van der Waals surface area (Å²) in [6.07, 6.45) is 0. The molecule has 0 radical (unpaired) electrons. The van der Waals surface area contributed by atoms with Gasteiger partial charge in [0.25, 0.3) is 0 Å². The van der Waals surface area contributed by atoms with Crippen molar-refractivity contribution in [1.82, 2.24) is 4.90 Å². The van der Waals surface area contributed by atoms with Gasteiger partial charge in [-0.05, 0) is 59.7 Å². The van der Waals surface area contributed by atoms with E-state index in [1.165, 1.54) is 10.4 Å². The highest BCUT2D eigenvalue weighted by Gasteiger charge is 2.22. The van der Waals surface area contributed by atoms with Crippen LogP contribution in [0.25, 0.3) is 0 Å². The van der Waals surface area contributed by atoms with Gasteiger partial charge in [-0.3, -0.25) is 4.90 Å². The molecule has 0 aliphatic heterocycles. The molecule has 0 spiro atoms. The smallest absolute Gasteiger partial charge is 0.118 e. The van der Waals surface area contributed by atoms with Crippen LogP contribution in [0.1, 0.15) is 23.4 Å². The minimum absolute atomic E-state index is 0.0683. The highest BCUT2D eigenvalue weighted by molar-refractivity contribution is 9.11. The Morgan fingerprint density at radius 3 is 2.38 bits per heavy atom. The van der Waals surface area contributed by atoms with Gasteiger partial charge in [-0.15, -0.1) is 11.3 Å². The van der Waals surface area contributed by atoms with Gasteiger partial charge in [0, 0.05) is 17.5 Å². The summed E-state index contributed by atoms with van der Waals surface area (Å²) >= 11 is 5.27. The Morgan fingerprint density at radius 2 is 1.90 bits per heavy atom. The van der Waals surface area contributed by atoms with E-state index in [9.17, 15) is 0 Å². The molecule has 2 aromatic rings. The van der Waals surface area contributed by atoms with E-state index < -0.39 is 0 Å². The standard InChI is InChI=1S/C16H21BrN2OS/c1-11(18)16(14-8-9-15(17)21-14)19(2)10-12-4-6-13(20-3)7-5-12/h4-9,11,16H,10,18H2,1-3H3. The molecule has 0 saturated carbocycles. The number of nitrogens with two attached hydrogens (primary N) is 1. The number of hydrogen-bond donors (Lipinski definition) is 1. The van der Waals surface area contributed by atoms with Crippen molar-refractivity contribution in [1.29, 1.82) is 0 Å². The molecule has 3 nitrogen and oxygen atoms in total. The van der Waals surface area contributed by atoms with E-state index >= 15 is 0 Å². The maximum Gasteiger partial charge on any atom is 0.118 e. The Kier molecular flexibility index (Phi) is 5.81. The zero-order valence-electron chi connectivity index (χ0n) is 12.5. The first kappa shape index (κ1) is 16.5. The molecule has 21 heavy (non-hydrogen) atoms. The molecule has 0 aliphatic carbocycles. The third-order valence-electron chi connectivity index (χ3n) is 3.45. The van der Waals surface area contributed by atoms with E-state index in [2.05, 4.69) is 59.1 Å². The highest BCUT2D eigenvalue weighted by atomic mass is 79.9. The molecule has 1 aromatic heterocycles. The lowest BCUT2D eigenvalue weighted by molar-refractivity contribution is 0.214. The SMILES string of the molecule is COc1ccc(CN(C)C(c2ccc(Br)s2)C(C)N)cc1. The van der Waals surface area contributed by atoms with Gasteiger partial charge in [-0.2, -0.15) is 0 Å². The summed E-state index contributed by atoms with van der Waals surface area (Å²) in [4.78, 5) is 3.58. The first-order chi connectivity index (χ1) is 10.0. The zero-order valence-corrected chi connectivity index (χ0v) is 14.9. The minimum atomic E-state index is 0.0683. The molecule has 0 aliphatic rings. The van der Waals surface area contributed by atoms with E-state index in [0.29, 0.717) is 0 Å². The molecule has 2 N–H and O–H groups in total. The molecule has 2 unspecified atom stereocenters. The Morgan fingerprint density at radius 1 is 1.24 bits per heavy atom. The van der Waals surface area contributed by atoms with Crippen molar-refractivity contribution in [3.8, 4) is 5.75 Å². The van der Waals surface area contributed by atoms with Crippen LogP contribution in [0, 0.1) is 0 Å². The second kappa shape index (κ2) is 7.40. The van der Waals surface area contributed by atoms with Gasteiger partial charge in [0.1, 0.15) is 5.75 Å². The highest BCUT2D eigenvalue weighted by Crippen LogP contribution is 2.32.